The van der Waals surface area contributed by atoms with E-state index in [0.29, 0.717) is 44.9 Å². The molecule has 0 bridgehead atoms. The molecule has 14 heteroatoms. The van der Waals surface area contributed by atoms with Gasteiger partial charge in [-0.05, 0) is 36.4 Å². The molecule has 49 heavy (non-hydrogen) atoms. The number of rotatable bonds is 8. The van der Waals surface area contributed by atoms with Crippen LogP contribution in [0.15, 0.2) is 131 Å². The van der Waals surface area contributed by atoms with Crippen molar-refractivity contribution < 1.29 is 64.8 Å². The van der Waals surface area contributed by atoms with Crippen LogP contribution in [0.5, 0.6) is 5.75 Å². The first-order valence-electron chi connectivity index (χ1n) is 14.5. The zero-order valence-corrected chi connectivity index (χ0v) is 29.7. The van der Waals surface area contributed by atoms with Crippen LogP contribution in [-0.4, -0.2) is 38.0 Å². The van der Waals surface area contributed by atoms with Crippen molar-refractivity contribution in [3.05, 3.63) is 121 Å². The molecule has 0 radical (unpaired) electrons. The molecule has 1 heterocycles. The van der Waals surface area contributed by atoms with Gasteiger partial charge in [-0.3, -0.25) is 0 Å². The Hall–Kier alpha value is -4.60. The number of anilines is 4. The maximum Gasteiger partial charge on any atom is 1.00 e. The average Bonchev–Trinajstić information content (AvgIpc) is 3.07. The molecule has 7 rings (SSSR count). The third-order valence-electron chi connectivity index (χ3n) is 7.85. The minimum absolute atomic E-state index is 0. The Morgan fingerprint density at radius 3 is 1.96 bits per heavy atom. The molecule has 0 saturated carbocycles. The number of methoxy groups -OCH3 is 1. The quantitative estimate of drug-likeness (QED) is 0.0792. The van der Waals surface area contributed by atoms with Gasteiger partial charge in [0.05, 0.1) is 34.0 Å². The molecule has 0 amide bonds. The minimum Gasteiger partial charge on any atom is -0.744 e. The van der Waals surface area contributed by atoms with Gasteiger partial charge in [0, 0.05) is 40.7 Å². The van der Waals surface area contributed by atoms with Crippen molar-refractivity contribution in [2.75, 3.05) is 17.7 Å². The Bertz CT molecular complexity index is 2610. The molecule has 2 N–H and O–H groups in total. The summed E-state index contributed by atoms with van der Waals surface area (Å²) < 4.78 is 82.9. The minimum atomic E-state index is -5.04. The summed E-state index contributed by atoms with van der Waals surface area (Å²) in [6.45, 7) is 0. The molecule has 240 valence electrons. The van der Waals surface area contributed by atoms with E-state index in [2.05, 4.69) is 10.6 Å². The van der Waals surface area contributed by atoms with Gasteiger partial charge in [-0.2, -0.15) is 0 Å². The van der Waals surface area contributed by atoms with Crippen LogP contribution in [0.3, 0.4) is 0 Å². The number of hydrogen-bond acceptors (Lipinski definition) is 10. The molecular weight excluding hydrogens is 676 g/mol. The third kappa shape index (κ3) is 6.57. The summed E-state index contributed by atoms with van der Waals surface area (Å²) >= 11 is 0. The molecule has 1 aromatic heterocycles. The first-order chi connectivity index (χ1) is 23.0. The standard InChI is InChI=1S/C35H26N4O7S2.Na/c1-46-31-17-9-8-16-25(31)37-27-19-29-26(21-33(27)48(43,44)45)38-35-24-15-10-18-32(47(40,41)42)34(24)28(36-22-11-4-2-5-12-22)20-30(35)39(29)23-13-6-3-7-14-23;/h2-21H,1H3,(H3,36,37,40,41,42,43,44,45);/q;+1/p-1. The summed E-state index contributed by atoms with van der Waals surface area (Å²) in [4.78, 5) is 3.81. The number of aromatic nitrogens is 2. The Labute approximate surface area is 304 Å². The van der Waals surface area contributed by atoms with Crippen molar-refractivity contribution in [2.45, 2.75) is 9.79 Å². The molecule has 11 nitrogen and oxygen atoms in total. The summed E-state index contributed by atoms with van der Waals surface area (Å²) in [7, 11) is -8.51. The van der Waals surface area contributed by atoms with Crippen molar-refractivity contribution >= 4 is 75.8 Å². The van der Waals surface area contributed by atoms with E-state index < -0.39 is 30.0 Å². The van der Waals surface area contributed by atoms with Crippen molar-refractivity contribution in [3.63, 3.8) is 0 Å². The van der Waals surface area contributed by atoms with E-state index in [1.165, 1.54) is 31.4 Å². The molecule has 0 atom stereocenters. The van der Waals surface area contributed by atoms with Gasteiger partial charge in [0.15, 0.2) is 0 Å². The summed E-state index contributed by atoms with van der Waals surface area (Å²) in [6, 6.07) is 33.9. The van der Waals surface area contributed by atoms with E-state index in [9.17, 15) is 25.9 Å². The van der Waals surface area contributed by atoms with Crippen LogP contribution >= 0.6 is 0 Å². The molecule has 6 aromatic carbocycles. The van der Waals surface area contributed by atoms with Gasteiger partial charge >= 0.3 is 29.6 Å². The first-order valence-corrected chi connectivity index (χ1v) is 17.3. The molecule has 7 aromatic rings. The second-order valence-corrected chi connectivity index (χ2v) is 13.5. The van der Waals surface area contributed by atoms with Crippen LogP contribution in [0, 0.1) is 0 Å². The van der Waals surface area contributed by atoms with Crippen molar-refractivity contribution in [1.29, 1.82) is 0 Å². The molecule has 0 aliphatic carbocycles. The zero-order chi connectivity index (χ0) is 33.6. The topological polar surface area (TPSA) is 164 Å². The second kappa shape index (κ2) is 13.4. The predicted octanol–water partition coefficient (Wildman–Crippen LogP) is 3.13. The van der Waals surface area contributed by atoms with Gasteiger partial charge in [-0.15, -0.1) is 4.57 Å². The molecule has 0 fully saturated rings. The van der Waals surface area contributed by atoms with E-state index >= 15 is 0 Å². The average molecular weight is 701 g/mol. The molecule has 0 aliphatic heterocycles. The Morgan fingerprint density at radius 1 is 0.653 bits per heavy atom. The van der Waals surface area contributed by atoms with Gasteiger partial charge in [-0.1, -0.05) is 60.7 Å². The smallest absolute Gasteiger partial charge is 0.744 e. The summed E-state index contributed by atoms with van der Waals surface area (Å²) in [5.41, 5.74) is 3.38. The van der Waals surface area contributed by atoms with E-state index in [4.69, 9.17) is 9.72 Å². The number of hydrogen-bond donors (Lipinski definition) is 2. The summed E-state index contributed by atoms with van der Waals surface area (Å²) in [6.07, 6.45) is 0. The molecule has 0 aliphatic rings. The summed E-state index contributed by atoms with van der Waals surface area (Å²) in [5, 5.41) is 6.76. The predicted molar refractivity (Wildman–Crippen MR) is 180 cm³/mol. The van der Waals surface area contributed by atoms with Crippen molar-refractivity contribution in [1.82, 2.24) is 4.98 Å². The molecule has 0 spiro atoms. The maximum atomic E-state index is 12.7. The van der Waals surface area contributed by atoms with Crippen LogP contribution in [0.4, 0.5) is 22.7 Å². The van der Waals surface area contributed by atoms with Gasteiger partial charge in [-0.25, -0.2) is 21.8 Å². The number of ether oxygens (including phenoxy) is 1. The molecular formula is C35H25N4NaO7S2. The van der Waals surface area contributed by atoms with Crippen LogP contribution < -0.4 is 49.5 Å². The van der Waals surface area contributed by atoms with Crippen molar-refractivity contribution in [3.8, 4) is 11.4 Å². The van der Waals surface area contributed by atoms with E-state index in [1.54, 1.807) is 48.5 Å². The van der Waals surface area contributed by atoms with Gasteiger partial charge < -0.3 is 24.5 Å². The van der Waals surface area contributed by atoms with Crippen LogP contribution in [0.25, 0.3) is 38.5 Å². The van der Waals surface area contributed by atoms with E-state index in [0.717, 1.165) is 0 Å². The fourth-order valence-corrected chi connectivity index (χ4v) is 7.17. The maximum absolute atomic E-state index is 12.7. The Morgan fingerprint density at radius 2 is 1.29 bits per heavy atom. The first kappa shape index (κ1) is 34.3. The Kier molecular flexibility index (Phi) is 9.35. The van der Waals surface area contributed by atoms with Gasteiger partial charge in [0.2, 0.25) is 16.7 Å². The second-order valence-electron chi connectivity index (χ2n) is 10.8. The van der Waals surface area contributed by atoms with Gasteiger partial charge in [0.25, 0.3) is 0 Å². The fourth-order valence-electron chi connectivity index (χ4n) is 5.82. The molecule has 0 unspecified atom stereocenters. The summed E-state index contributed by atoms with van der Waals surface area (Å²) in [5.74, 6) is 0.423. The van der Waals surface area contributed by atoms with E-state index in [1.807, 2.05) is 53.1 Å². The van der Waals surface area contributed by atoms with Gasteiger partial charge in [0.1, 0.15) is 37.0 Å². The number of nitrogens with one attached hydrogen (secondary N) is 2. The number of fused-ring (bicyclic) bond motifs is 4. The zero-order valence-electron chi connectivity index (χ0n) is 26.1. The molecule has 0 saturated heterocycles. The van der Waals surface area contributed by atoms with Crippen molar-refractivity contribution in [2.24, 2.45) is 0 Å². The SMILES string of the molecule is COc1ccccc1Nc1cc2c(cc1S(=O)(=O)[O-])nc1c3cccc(S(=O)(=O)[O-])c3c(Nc3ccccc3)cc1[n+]2-c1ccccc1.[Na+]. The van der Waals surface area contributed by atoms with Crippen LogP contribution in [0.2, 0.25) is 0 Å². The number of para-hydroxylation sites is 4. The largest absolute Gasteiger partial charge is 1.00 e. The fraction of sp³-hybridized carbons (Fsp3) is 0.0286. The van der Waals surface area contributed by atoms with E-state index in [-0.39, 0.29) is 51.7 Å². The van der Waals surface area contributed by atoms with Crippen LogP contribution in [-0.2, 0) is 20.2 Å². The Balaban J connectivity index is 0.00000417. The number of benzene rings is 6. The normalized spacial score (nSPS) is 11.7. The number of nitrogens with zero attached hydrogens (tertiary/aromatic N) is 2. The third-order valence-corrected chi connectivity index (χ3v) is 9.60. The van der Waals surface area contributed by atoms with Crippen LogP contribution in [0.1, 0.15) is 0 Å². The monoisotopic (exact) mass is 700 g/mol.